The fraction of sp³-hybridized carbons (Fsp3) is 0.143. The molecule has 5 nitrogen and oxygen atoms in total. The summed E-state index contributed by atoms with van der Waals surface area (Å²) in [5.74, 6) is 0.460. The minimum Gasteiger partial charge on any atom is -0.493 e. The van der Waals surface area contributed by atoms with Gasteiger partial charge in [0.1, 0.15) is 24.1 Å². The zero-order valence-corrected chi connectivity index (χ0v) is 15.9. The van der Waals surface area contributed by atoms with Crippen LogP contribution in [-0.2, 0) is 6.61 Å². The molecule has 3 aromatic rings. The molecular weight excluding hydrogens is 383 g/mol. The third-order valence-corrected chi connectivity index (χ3v) is 4.50. The van der Waals surface area contributed by atoms with Crippen LogP contribution >= 0.6 is 11.6 Å². The van der Waals surface area contributed by atoms with Gasteiger partial charge in [0.25, 0.3) is 5.56 Å². The standard InChI is InChI=1S/C21H16ClFN2O3/c1-12-7-16(17(10-24)21(26)25-12)13-4-6-19(20(8-13)27-2)28-11-14-3-5-15(23)9-18(14)22/h3-9H,11H2,1-2H3,(H,25,26). The van der Waals surface area contributed by atoms with Gasteiger partial charge in [-0.1, -0.05) is 23.7 Å². The number of methoxy groups -OCH3 is 1. The molecule has 1 heterocycles. The number of H-pyrrole nitrogens is 1. The van der Waals surface area contributed by atoms with Crippen molar-refractivity contribution in [3.63, 3.8) is 0 Å². The third kappa shape index (κ3) is 4.00. The summed E-state index contributed by atoms with van der Waals surface area (Å²) in [5.41, 5.74) is 2.02. The van der Waals surface area contributed by atoms with Crippen LogP contribution in [0.5, 0.6) is 11.5 Å². The monoisotopic (exact) mass is 398 g/mol. The molecule has 28 heavy (non-hydrogen) atoms. The van der Waals surface area contributed by atoms with E-state index in [0.717, 1.165) is 0 Å². The Kier molecular flexibility index (Phi) is 5.67. The first-order valence-corrected chi connectivity index (χ1v) is 8.70. The summed E-state index contributed by atoms with van der Waals surface area (Å²) in [6.07, 6.45) is 0. The molecule has 2 aromatic carbocycles. The van der Waals surface area contributed by atoms with Crippen molar-refractivity contribution in [2.45, 2.75) is 13.5 Å². The van der Waals surface area contributed by atoms with E-state index in [9.17, 15) is 14.4 Å². The fourth-order valence-corrected chi connectivity index (χ4v) is 3.00. The highest BCUT2D eigenvalue weighted by Gasteiger charge is 2.14. The van der Waals surface area contributed by atoms with Crippen molar-refractivity contribution in [2.75, 3.05) is 7.11 Å². The van der Waals surface area contributed by atoms with E-state index in [1.165, 1.54) is 19.2 Å². The number of ether oxygens (including phenoxy) is 2. The highest BCUT2D eigenvalue weighted by atomic mass is 35.5. The zero-order chi connectivity index (χ0) is 20.3. The van der Waals surface area contributed by atoms with E-state index in [2.05, 4.69) is 4.98 Å². The van der Waals surface area contributed by atoms with Crippen molar-refractivity contribution < 1.29 is 13.9 Å². The number of aromatic amines is 1. The molecule has 0 aliphatic rings. The quantitative estimate of drug-likeness (QED) is 0.681. The fourth-order valence-electron chi connectivity index (χ4n) is 2.78. The average Bonchev–Trinajstić information content (AvgIpc) is 2.66. The Hall–Kier alpha value is -3.30. The summed E-state index contributed by atoms with van der Waals surface area (Å²) in [7, 11) is 1.49. The number of nitrogens with zero attached hydrogens (tertiary/aromatic N) is 1. The van der Waals surface area contributed by atoms with Crippen LogP contribution in [0.3, 0.4) is 0 Å². The lowest BCUT2D eigenvalue weighted by atomic mass is 10.0. The molecule has 0 fully saturated rings. The summed E-state index contributed by atoms with van der Waals surface area (Å²) in [6, 6.07) is 12.9. The predicted molar refractivity (Wildman–Crippen MR) is 104 cm³/mol. The Labute approximate surface area is 165 Å². The summed E-state index contributed by atoms with van der Waals surface area (Å²) < 4.78 is 24.3. The maximum Gasteiger partial charge on any atom is 0.266 e. The SMILES string of the molecule is COc1cc(-c2cc(C)[nH]c(=O)c2C#N)ccc1OCc1ccc(F)cc1Cl. The lowest BCUT2D eigenvalue weighted by Crippen LogP contribution is -2.12. The molecule has 0 spiro atoms. The van der Waals surface area contributed by atoms with Gasteiger partial charge in [-0.15, -0.1) is 0 Å². The molecule has 0 aliphatic heterocycles. The minimum absolute atomic E-state index is 0.0272. The number of nitriles is 1. The van der Waals surface area contributed by atoms with Gasteiger partial charge in [-0.05, 0) is 42.8 Å². The molecule has 0 unspecified atom stereocenters. The first-order valence-electron chi connectivity index (χ1n) is 8.32. The van der Waals surface area contributed by atoms with Crippen molar-refractivity contribution in [3.8, 4) is 28.7 Å². The van der Waals surface area contributed by atoms with Gasteiger partial charge in [0, 0.05) is 16.8 Å². The largest absolute Gasteiger partial charge is 0.493 e. The number of nitrogens with one attached hydrogen (secondary N) is 1. The number of aromatic nitrogens is 1. The van der Waals surface area contributed by atoms with Crippen molar-refractivity contribution >= 4 is 11.6 Å². The molecule has 0 atom stereocenters. The van der Waals surface area contributed by atoms with Gasteiger partial charge in [-0.2, -0.15) is 5.26 Å². The van der Waals surface area contributed by atoms with E-state index in [1.807, 2.05) is 6.07 Å². The third-order valence-electron chi connectivity index (χ3n) is 4.15. The van der Waals surface area contributed by atoms with Crippen molar-refractivity contribution in [1.82, 2.24) is 4.98 Å². The van der Waals surface area contributed by atoms with E-state index in [-0.39, 0.29) is 17.2 Å². The predicted octanol–water partition coefficient (Wildman–Crippen LogP) is 4.60. The Balaban J connectivity index is 1.93. The Morgan fingerprint density at radius 2 is 1.96 bits per heavy atom. The van der Waals surface area contributed by atoms with Crippen molar-refractivity contribution in [2.24, 2.45) is 0 Å². The highest BCUT2D eigenvalue weighted by molar-refractivity contribution is 6.31. The van der Waals surface area contributed by atoms with Crippen LogP contribution in [0.1, 0.15) is 16.8 Å². The van der Waals surface area contributed by atoms with Gasteiger partial charge in [-0.25, -0.2) is 4.39 Å². The van der Waals surface area contributed by atoms with E-state index >= 15 is 0 Å². The van der Waals surface area contributed by atoms with Gasteiger partial charge < -0.3 is 14.5 Å². The van der Waals surface area contributed by atoms with Gasteiger partial charge in [0.15, 0.2) is 11.5 Å². The summed E-state index contributed by atoms with van der Waals surface area (Å²) in [5, 5.41) is 9.59. The molecule has 0 amide bonds. The summed E-state index contributed by atoms with van der Waals surface area (Å²) in [4.78, 5) is 14.6. The molecule has 0 radical (unpaired) electrons. The van der Waals surface area contributed by atoms with Crippen molar-refractivity contribution in [3.05, 3.63) is 80.5 Å². The Bertz CT molecular complexity index is 1140. The lowest BCUT2D eigenvalue weighted by molar-refractivity contribution is 0.284. The normalized spacial score (nSPS) is 10.4. The van der Waals surface area contributed by atoms with Gasteiger partial charge in [0.2, 0.25) is 0 Å². The van der Waals surface area contributed by atoms with Crippen LogP contribution in [0.2, 0.25) is 5.02 Å². The van der Waals surface area contributed by atoms with Gasteiger partial charge in [-0.3, -0.25) is 4.79 Å². The molecule has 142 valence electrons. The lowest BCUT2D eigenvalue weighted by Gasteiger charge is -2.14. The number of hydrogen-bond acceptors (Lipinski definition) is 4. The second kappa shape index (κ2) is 8.15. The minimum atomic E-state index is -0.442. The maximum atomic E-state index is 13.2. The second-order valence-corrected chi connectivity index (χ2v) is 6.48. The second-order valence-electron chi connectivity index (χ2n) is 6.07. The van der Waals surface area contributed by atoms with Crippen LogP contribution in [0.15, 0.2) is 47.3 Å². The van der Waals surface area contributed by atoms with Gasteiger partial charge in [0.05, 0.1) is 12.1 Å². The Morgan fingerprint density at radius 1 is 1.18 bits per heavy atom. The summed E-state index contributed by atoms with van der Waals surface area (Å²) in [6.45, 7) is 1.87. The molecule has 0 saturated heterocycles. The van der Waals surface area contributed by atoms with E-state index in [4.69, 9.17) is 21.1 Å². The number of benzene rings is 2. The number of halogens is 2. The number of aryl methyl sites for hydroxylation is 1. The van der Waals surface area contributed by atoms with Crippen LogP contribution in [0, 0.1) is 24.1 Å². The highest BCUT2D eigenvalue weighted by Crippen LogP contribution is 2.34. The molecule has 0 aliphatic carbocycles. The number of pyridine rings is 1. The van der Waals surface area contributed by atoms with E-state index in [1.54, 1.807) is 37.3 Å². The number of rotatable bonds is 5. The zero-order valence-electron chi connectivity index (χ0n) is 15.2. The van der Waals surface area contributed by atoms with Crippen LogP contribution in [-0.4, -0.2) is 12.1 Å². The van der Waals surface area contributed by atoms with Crippen LogP contribution < -0.4 is 15.0 Å². The molecule has 3 rings (SSSR count). The molecule has 1 aromatic heterocycles. The van der Waals surface area contributed by atoms with E-state index in [0.29, 0.717) is 33.9 Å². The molecule has 0 bridgehead atoms. The van der Waals surface area contributed by atoms with Gasteiger partial charge >= 0.3 is 0 Å². The van der Waals surface area contributed by atoms with Crippen LogP contribution in [0.4, 0.5) is 4.39 Å². The summed E-state index contributed by atoms with van der Waals surface area (Å²) >= 11 is 6.02. The molecular formula is C21H16ClFN2O3. The smallest absolute Gasteiger partial charge is 0.266 e. The Morgan fingerprint density at radius 3 is 2.64 bits per heavy atom. The van der Waals surface area contributed by atoms with Crippen LogP contribution in [0.25, 0.3) is 11.1 Å². The first kappa shape index (κ1) is 19.5. The molecule has 1 N–H and O–H groups in total. The van der Waals surface area contributed by atoms with E-state index < -0.39 is 11.4 Å². The number of hydrogen-bond donors (Lipinski definition) is 1. The molecule has 0 saturated carbocycles. The molecule has 7 heteroatoms. The average molecular weight is 399 g/mol. The first-order chi connectivity index (χ1) is 13.4. The maximum absolute atomic E-state index is 13.2. The van der Waals surface area contributed by atoms with Crippen molar-refractivity contribution in [1.29, 1.82) is 5.26 Å². The topological polar surface area (TPSA) is 75.1 Å².